The molecule has 3 aromatic heterocycles. The third kappa shape index (κ3) is 2.46. The number of pyridine rings is 1. The van der Waals surface area contributed by atoms with E-state index >= 15 is 0 Å². The maximum atomic E-state index is 12.3. The molecule has 0 aliphatic carbocycles. The second kappa shape index (κ2) is 5.74. The van der Waals surface area contributed by atoms with Gasteiger partial charge in [-0.15, -0.1) is 0 Å². The van der Waals surface area contributed by atoms with Crippen LogP contribution in [0.3, 0.4) is 0 Å². The Morgan fingerprint density at radius 1 is 1.29 bits per heavy atom. The first-order valence-corrected chi connectivity index (χ1v) is 8.22. The third-order valence-electron chi connectivity index (χ3n) is 4.35. The maximum Gasteiger partial charge on any atom is 0.259 e. The van der Waals surface area contributed by atoms with Crippen molar-refractivity contribution >= 4 is 11.5 Å². The van der Waals surface area contributed by atoms with Crippen LogP contribution in [0.4, 0.5) is 5.82 Å². The standard InChI is InChI=1S/C17H19N5O2/c1-11(2)17-19-16(20-24-17)12-6-5-9-21(12)14-10-15(23)22-8-4-3-7-13(22)18-14/h3-4,7-8,10-12H,5-6,9H2,1-2H3. The van der Waals surface area contributed by atoms with E-state index in [9.17, 15) is 4.79 Å². The fourth-order valence-corrected chi connectivity index (χ4v) is 3.11. The van der Waals surface area contributed by atoms with Crippen LogP contribution in [0.25, 0.3) is 5.65 Å². The molecule has 4 rings (SSSR count). The van der Waals surface area contributed by atoms with E-state index in [0.717, 1.165) is 19.4 Å². The van der Waals surface area contributed by atoms with Gasteiger partial charge < -0.3 is 9.42 Å². The molecule has 0 bridgehead atoms. The van der Waals surface area contributed by atoms with E-state index in [4.69, 9.17) is 4.52 Å². The molecule has 7 nitrogen and oxygen atoms in total. The van der Waals surface area contributed by atoms with Crippen LogP contribution in [0.15, 0.2) is 39.8 Å². The average Bonchev–Trinajstić information content (AvgIpc) is 3.24. The van der Waals surface area contributed by atoms with Gasteiger partial charge in [0, 0.05) is 24.7 Å². The van der Waals surface area contributed by atoms with Gasteiger partial charge in [-0.05, 0) is 25.0 Å². The highest BCUT2D eigenvalue weighted by Gasteiger charge is 2.31. The molecule has 24 heavy (non-hydrogen) atoms. The molecule has 1 saturated heterocycles. The zero-order valence-electron chi connectivity index (χ0n) is 13.7. The molecule has 1 fully saturated rings. The molecule has 0 amide bonds. The molecule has 1 aliphatic heterocycles. The van der Waals surface area contributed by atoms with Gasteiger partial charge in [-0.1, -0.05) is 25.1 Å². The highest BCUT2D eigenvalue weighted by Crippen LogP contribution is 2.33. The van der Waals surface area contributed by atoms with Crippen molar-refractivity contribution in [2.45, 2.75) is 38.6 Å². The second-order valence-electron chi connectivity index (χ2n) is 6.38. The SMILES string of the molecule is CC(C)c1nc(C2CCCN2c2cc(=O)n3ccccc3n2)no1. The van der Waals surface area contributed by atoms with E-state index in [0.29, 0.717) is 23.2 Å². The van der Waals surface area contributed by atoms with E-state index in [1.165, 1.54) is 0 Å². The lowest BCUT2D eigenvalue weighted by Crippen LogP contribution is -2.27. The fraction of sp³-hybridized carbons (Fsp3) is 0.412. The quantitative estimate of drug-likeness (QED) is 0.736. The fourth-order valence-electron chi connectivity index (χ4n) is 3.11. The van der Waals surface area contributed by atoms with Gasteiger partial charge in [-0.3, -0.25) is 9.20 Å². The van der Waals surface area contributed by atoms with E-state index in [1.807, 2.05) is 32.0 Å². The van der Waals surface area contributed by atoms with Gasteiger partial charge in [-0.25, -0.2) is 4.98 Å². The van der Waals surface area contributed by atoms with Crippen LogP contribution >= 0.6 is 0 Å². The lowest BCUT2D eigenvalue weighted by atomic mass is 10.2. The van der Waals surface area contributed by atoms with Crippen LogP contribution in [-0.4, -0.2) is 26.1 Å². The maximum absolute atomic E-state index is 12.3. The number of aromatic nitrogens is 4. The van der Waals surface area contributed by atoms with Crippen molar-refractivity contribution in [1.82, 2.24) is 19.5 Å². The molecule has 4 heterocycles. The van der Waals surface area contributed by atoms with Crippen molar-refractivity contribution in [3.63, 3.8) is 0 Å². The molecule has 0 spiro atoms. The average molecular weight is 325 g/mol. The summed E-state index contributed by atoms with van der Waals surface area (Å²) >= 11 is 0. The zero-order valence-corrected chi connectivity index (χ0v) is 13.7. The van der Waals surface area contributed by atoms with Gasteiger partial charge in [0.2, 0.25) is 5.89 Å². The van der Waals surface area contributed by atoms with Crippen LogP contribution in [0.5, 0.6) is 0 Å². The molecule has 0 N–H and O–H groups in total. The van der Waals surface area contributed by atoms with Gasteiger partial charge in [0.15, 0.2) is 5.82 Å². The first-order chi connectivity index (χ1) is 11.6. The largest absolute Gasteiger partial charge is 0.346 e. The van der Waals surface area contributed by atoms with Crippen molar-refractivity contribution in [1.29, 1.82) is 0 Å². The number of nitrogens with zero attached hydrogens (tertiary/aromatic N) is 5. The van der Waals surface area contributed by atoms with Crippen molar-refractivity contribution in [3.05, 3.63) is 52.5 Å². The monoisotopic (exact) mass is 325 g/mol. The van der Waals surface area contributed by atoms with Crippen LogP contribution in [0, 0.1) is 0 Å². The zero-order chi connectivity index (χ0) is 16.7. The molecule has 3 aromatic rings. The summed E-state index contributed by atoms with van der Waals surface area (Å²) in [5.41, 5.74) is 0.555. The normalized spacial score (nSPS) is 18.0. The minimum absolute atomic E-state index is 0.000637. The predicted octanol–water partition coefficient (Wildman–Crippen LogP) is 2.54. The van der Waals surface area contributed by atoms with Crippen molar-refractivity contribution in [2.24, 2.45) is 0 Å². The van der Waals surface area contributed by atoms with Gasteiger partial charge in [0.05, 0.1) is 6.04 Å². The lowest BCUT2D eigenvalue weighted by Gasteiger charge is -2.23. The summed E-state index contributed by atoms with van der Waals surface area (Å²) in [5, 5.41) is 4.14. The summed E-state index contributed by atoms with van der Waals surface area (Å²) in [5.74, 6) is 2.18. The number of fused-ring (bicyclic) bond motifs is 1. The van der Waals surface area contributed by atoms with E-state index in [1.54, 1.807) is 16.7 Å². The van der Waals surface area contributed by atoms with Crippen LogP contribution in [-0.2, 0) is 0 Å². The van der Waals surface area contributed by atoms with E-state index in [-0.39, 0.29) is 17.5 Å². The molecule has 0 saturated carbocycles. The molecule has 124 valence electrons. The van der Waals surface area contributed by atoms with Crippen molar-refractivity contribution < 1.29 is 4.52 Å². The molecule has 1 aliphatic rings. The van der Waals surface area contributed by atoms with E-state index in [2.05, 4.69) is 20.0 Å². The Labute approximate surface area is 138 Å². The Morgan fingerprint density at radius 2 is 2.17 bits per heavy atom. The molecule has 1 atom stereocenters. The molecule has 0 aromatic carbocycles. The number of rotatable bonds is 3. The molecular weight excluding hydrogens is 306 g/mol. The molecule has 1 unspecified atom stereocenters. The topological polar surface area (TPSA) is 76.5 Å². The Kier molecular flexibility index (Phi) is 3.55. The highest BCUT2D eigenvalue weighted by atomic mass is 16.5. The molecule has 7 heteroatoms. The Balaban J connectivity index is 1.73. The minimum Gasteiger partial charge on any atom is -0.346 e. The van der Waals surface area contributed by atoms with E-state index < -0.39 is 0 Å². The van der Waals surface area contributed by atoms with Gasteiger partial charge in [0.1, 0.15) is 11.5 Å². The summed E-state index contributed by atoms with van der Waals surface area (Å²) in [6.45, 7) is 4.87. The summed E-state index contributed by atoms with van der Waals surface area (Å²) in [7, 11) is 0. The number of hydrogen-bond donors (Lipinski definition) is 0. The summed E-state index contributed by atoms with van der Waals surface area (Å²) in [6.07, 6.45) is 3.66. The van der Waals surface area contributed by atoms with Gasteiger partial charge in [0.25, 0.3) is 5.56 Å². The van der Waals surface area contributed by atoms with Crippen molar-refractivity contribution in [3.8, 4) is 0 Å². The highest BCUT2D eigenvalue weighted by molar-refractivity contribution is 5.49. The van der Waals surface area contributed by atoms with Crippen LogP contribution in [0.1, 0.15) is 50.4 Å². The first kappa shape index (κ1) is 14.9. The Morgan fingerprint density at radius 3 is 2.96 bits per heavy atom. The smallest absolute Gasteiger partial charge is 0.259 e. The van der Waals surface area contributed by atoms with Gasteiger partial charge in [-0.2, -0.15) is 4.98 Å². The Hall–Kier alpha value is -2.70. The Bertz CT molecular complexity index is 930. The molecule has 0 radical (unpaired) electrons. The van der Waals surface area contributed by atoms with Crippen LogP contribution < -0.4 is 10.5 Å². The number of hydrogen-bond acceptors (Lipinski definition) is 6. The molecular formula is C17H19N5O2. The van der Waals surface area contributed by atoms with Gasteiger partial charge >= 0.3 is 0 Å². The summed E-state index contributed by atoms with van der Waals surface area (Å²) in [6, 6.07) is 7.11. The summed E-state index contributed by atoms with van der Waals surface area (Å²) in [4.78, 5) is 23.6. The minimum atomic E-state index is -0.0859. The second-order valence-corrected chi connectivity index (χ2v) is 6.38. The first-order valence-electron chi connectivity index (χ1n) is 8.22. The summed E-state index contributed by atoms with van der Waals surface area (Å²) < 4.78 is 6.88. The lowest BCUT2D eigenvalue weighted by molar-refractivity contribution is 0.358. The van der Waals surface area contributed by atoms with Crippen LogP contribution in [0.2, 0.25) is 0 Å². The predicted molar refractivity (Wildman–Crippen MR) is 89.2 cm³/mol. The number of anilines is 1. The van der Waals surface area contributed by atoms with Crippen molar-refractivity contribution in [2.75, 3.05) is 11.4 Å². The third-order valence-corrected chi connectivity index (χ3v) is 4.35.